The molecule has 0 saturated heterocycles. The Bertz CT molecular complexity index is 1130. The Kier molecular flexibility index (Phi) is 6.29. The van der Waals surface area contributed by atoms with Gasteiger partial charge in [-0.1, -0.05) is 48.5 Å². The van der Waals surface area contributed by atoms with Crippen molar-refractivity contribution in [2.45, 2.75) is 10.9 Å². The van der Waals surface area contributed by atoms with Crippen LogP contribution in [0.5, 0.6) is 0 Å². The second-order valence-electron chi connectivity index (χ2n) is 6.53. The molecule has 154 valence electrons. The lowest BCUT2D eigenvalue weighted by molar-refractivity contribution is -0.139. The molecule has 0 unspecified atom stereocenters. The van der Waals surface area contributed by atoms with E-state index in [1.165, 1.54) is 41.3 Å². The van der Waals surface area contributed by atoms with Crippen molar-refractivity contribution in [2.24, 2.45) is 0 Å². The summed E-state index contributed by atoms with van der Waals surface area (Å²) in [6.45, 7) is 0. The lowest BCUT2D eigenvalue weighted by Gasteiger charge is -2.18. The average Bonchev–Trinajstić information content (AvgIpc) is 2.77. The van der Waals surface area contributed by atoms with Crippen molar-refractivity contribution in [3.63, 3.8) is 0 Å². The predicted molar refractivity (Wildman–Crippen MR) is 113 cm³/mol. The van der Waals surface area contributed by atoms with Gasteiger partial charge in [-0.25, -0.2) is 8.42 Å². The van der Waals surface area contributed by atoms with Gasteiger partial charge in [-0.15, -0.1) is 0 Å². The van der Waals surface area contributed by atoms with Crippen molar-refractivity contribution in [1.29, 1.82) is 0 Å². The minimum Gasteiger partial charge on any atom is -0.480 e. The molecule has 0 fully saturated rings. The van der Waals surface area contributed by atoms with Crippen LogP contribution >= 0.6 is 0 Å². The van der Waals surface area contributed by atoms with E-state index in [1.807, 2.05) is 6.07 Å². The summed E-state index contributed by atoms with van der Waals surface area (Å²) in [4.78, 5) is 25.4. The minimum absolute atomic E-state index is 0.103. The molecule has 3 aromatic carbocycles. The van der Waals surface area contributed by atoms with Crippen LogP contribution in [-0.4, -0.2) is 32.4 Å². The standard InChI is InChI=1S/C22H20N2O5S/c1-24(21(25)17-10-6-3-7-11-17)18-12-14-19(15-13-18)30(28,29)23-20(22(26)27)16-8-4-2-5-9-16/h2-15,20,23H,1H3,(H,26,27)/t20-/m0/s1. The summed E-state index contributed by atoms with van der Waals surface area (Å²) < 4.78 is 27.6. The predicted octanol–water partition coefficient (Wildman–Crippen LogP) is 3.07. The summed E-state index contributed by atoms with van der Waals surface area (Å²) in [5.74, 6) is -1.55. The quantitative estimate of drug-likeness (QED) is 0.607. The van der Waals surface area contributed by atoms with E-state index in [0.29, 0.717) is 16.8 Å². The molecule has 0 bridgehead atoms. The van der Waals surface area contributed by atoms with Crippen molar-refractivity contribution in [2.75, 3.05) is 11.9 Å². The summed E-state index contributed by atoms with van der Waals surface area (Å²) in [5.41, 5.74) is 1.32. The number of benzene rings is 3. The van der Waals surface area contributed by atoms with E-state index in [9.17, 15) is 23.1 Å². The van der Waals surface area contributed by atoms with Gasteiger partial charge >= 0.3 is 5.97 Å². The van der Waals surface area contributed by atoms with Gasteiger partial charge in [0.2, 0.25) is 10.0 Å². The maximum absolute atomic E-state index is 12.7. The van der Waals surface area contributed by atoms with Crippen LogP contribution in [0, 0.1) is 0 Å². The third-order valence-corrected chi connectivity index (χ3v) is 5.95. The lowest BCUT2D eigenvalue weighted by Crippen LogP contribution is -2.33. The molecule has 0 saturated carbocycles. The summed E-state index contributed by atoms with van der Waals surface area (Å²) in [5, 5.41) is 9.45. The van der Waals surface area contributed by atoms with Crippen molar-refractivity contribution >= 4 is 27.6 Å². The Morgan fingerprint density at radius 2 is 1.40 bits per heavy atom. The monoisotopic (exact) mass is 424 g/mol. The topological polar surface area (TPSA) is 104 Å². The molecule has 8 heteroatoms. The van der Waals surface area contributed by atoms with Crippen LogP contribution < -0.4 is 9.62 Å². The highest BCUT2D eigenvalue weighted by molar-refractivity contribution is 7.89. The fraction of sp³-hybridized carbons (Fsp3) is 0.0909. The average molecular weight is 424 g/mol. The number of hydrogen-bond acceptors (Lipinski definition) is 4. The van der Waals surface area contributed by atoms with Crippen LogP contribution in [0.2, 0.25) is 0 Å². The number of sulfonamides is 1. The second-order valence-corrected chi connectivity index (χ2v) is 8.24. The maximum atomic E-state index is 12.7. The van der Waals surface area contributed by atoms with E-state index in [4.69, 9.17) is 0 Å². The van der Waals surface area contributed by atoms with Crippen LogP contribution in [-0.2, 0) is 14.8 Å². The number of nitrogens with zero attached hydrogens (tertiary/aromatic N) is 1. The summed E-state index contributed by atoms with van der Waals surface area (Å²) >= 11 is 0. The van der Waals surface area contributed by atoms with E-state index in [1.54, 1.807) is 49.5 Å². The third-order valence-electron chi connectivity index (χ3n) is 4.51. The maximum Gasteiger partial charge on any atom is 0.326 e. The Balaban J connectivity index is 1.80. The largest absolute Gasteiger partial charge is 0.480 e. The van der Waals surface area contributed by atoms with Crippen molar-refractivity contribution in [3.05, 3.63) is 96.1 Å². The molecule has 2 N–H and O–H groups in total. The highest BCUT2D eigenvalue weighted by Crippen LogP contribution is 2.21. The molecule has 1 amide bonds. The van der Waals surface area contributed by atoms with Crippen LogP contribution in [0.4, 0.5) is 5.69 Å². The molecule has 0 aliphatic carbocycles. The van der Waals surface area contributed by atoms with Gasteiger partial charge < -0.3 is 10.0 Å². The van der Waals surface area contributed by atoms with Gasteiger partial charge in [-0.2, -0.15) is 4.72 Å². The molecule has 0 aliphatic heterocycles. The molecular formula is C22H20N2O5S. The first-order valence-corrected chi connectivity index (χ1v) is 10.5. The van der Waals surface area contributed by atoms with Crippen LogP contribution in [0.1, 0.15) is 22.0 Å². The molecule has 3 aromatic rings. The Labute approximate surface area is 174 Å². The minimum atomic E-state index is -4.10. The van der Waals surface area contributed by atoms with Gasteiger partial charge in [0, 0.05) is 18.3 Å². The molecular weight excluding hydrogens is 404 g/mol. The zero-order valence-corrected chi connectivity index (χ0v) is 16.9. The molecule has 0 radical (unpaired) electrons. The Morgan fingerprint density at radius 3 is 1.93 bits per heavy atom. The van der Waals surface area contributed by atoms with E-state index >= 15 is 0 Å². The van der Waals surface area contributed by atoms with Crippen molar-refractivity contribution in [1.82, 2.24) is 4.72 Å². The zero-order valence-electron chi connectivity index (χ0n) is 16.1. The number of amides is 1. The summed E-state index contributed by atoms with van der Waals surface area (Å²) in [7, 11) is -2.51. The number of aliphatic carboxylic acids is 1. The van der Waals surface area contributed by atoms with E-state index in [0.717, 1.165) is 0 Å². The number of anilines is 1. The molecule has 0 aliphatic rings. The lowest BCUT2D eigenvalue weighted by atomic mass is 10.1. The Morgan fingerprint density at radius 1 is 0.867 bits per heavy atom. The number of nitrogens with one attached hydrogen (secondary N) is 1. The van der Waals surface area contributed by atoms with Gasteiger partial charge in [-0.3, -0.25) is 9.59 Å². The SMILES string of the molecule is CN(C(=O)c1ccccc1)c1ccc(S(=O)(=O)N[C@H](C(=O)O)c2ccccc2)cc1. The van der Waals surface area contributed by atoms with Gasteiger partial charge in [0.15, 0.2) is 0 Å². The first kappa shape index (κ1) is 21.2. The normalized spacial score (nSPS) is 12.2. The zero-order chi connectivity index (χ0) is 21.7. The Hall–Kier alpha value is -3.49. The van der Waals surface area contributed by atoms with Gasteiger partial charge in [0.25, 0.3) is 5.91 Å². The summed E-state index contributed by atoms with van der Waals surface area (Å²) in [6, 6.07) is 21.0. The third kappa shape index (κ3) is 4.73. The van der Waals surface area contributed by atoms with Gasteiger partial charge in [-0.05, 0) is 42.0 Å². The number of carbonyl (C=O) groups excluding carboxylic acids is 1. The van der Waals surface area contributed by atoms with Crippen LogP contribution in [0.15, 0.2) is 89.8 Å². The first-order valence-electron chi connectivity index (χ1n) is 9.03. The molecule has 0 spiro atoms. The van der Waals surface area contributed by atoms with E-state index < -0.39 is 22.0 Å². The number of rotatable bonds is 7. The molecule has 3 rings (SSSR count). The second kappa shape index (κ2) is 8.89. The number of carboxylic acid groups (broad SMARTS) is 1. The molecule has 7 nitrogen and oxygen atoms in total. The highest BCUT2D eigenvalue weighted by Gasteiger charge is 2.27. The van der Waals surface area contributed by atoms with Crippen LogP contribution in [0.25, 0.3) is 0 Å². The molecule has 0 heterocycles. The van der Waals surface area contributed by atoms with E-state index in [2.05, 4.69) is 4.72 Å². The first-order chi connectivity index (χ1) is 14.3. The highest BCUT2D eigenvalue weighted by atomic mass is 32.2. The molecule has 1 atom stereocenters. The number of carboxylic acids is 1. The van der Waals surface area contributed by atoms with E-state index in [-0.39, 0.29) is 10.8 Å². The molecule has 30 heavy (non-hydrogen) atoms. The fourth-order valence-corrected chi connectivity index (χ4v) is 4.05. The molecule has 0 aromatic heterocycles. The van der Waals surface area contributed by atoms with Crippen molar-refractivity contribution in [3.8, 4) is 0 Å². The van der Waals surface area contributed by atoms with Gasteiger partial charge in [0.1, 0.15) is 6.04 Å². The van der Waals surface area contributed by atoms with Crippen molar-refractivity contribution < 1.29 is 23.1 Å². The van der Waals surface area contributed by atoms with Crippen LogP contribution in [0.3, 0.4) is 0 Å². The van der Waals surface area contributed by atoms with Gasteiger partial charge in [0.05, 0.1) is 4.90 Å². The summed E-state index contributed by atoms with van der Waals surface area (Å²) in [6.07, 6.45) is 0. The fourth-order valence-electron chi connectivity index (χ4n) is 2.87. The smallest absolute Gasteiger partial charge is 0.326 e. The number of carbonyl (C=O) groups is 2. The number of hydrogen-bond donors (Lipinski definition) is 2.